The molecule has 1 heteroatoms. The SMILES string of the molecule is CCC(CC)CC(CC)C(C)NC. The van der Waals surface area contributed by atoms with E-state index < -0.39 is 0 Å². The molecule has 0 spiro atoms. The van der Waals surface area contributed by atoms with Crippen molar-refractivity contribution in [3.63, 3.8) is 0 Å². The first kappa shape index (κ1) is 13.0. The fraction of sp³-hybridized carbons (Fsp3) is 1.00. The molecule has 0 aliphatic heterocycles. The normalized spacial score (nSPS) is 16.2. The lowest BCUT2D eigenvalue weighted by Crippen LogP contribution is -2.31. The van der Waals surface area contributed by atoms with Crippen LogP contribution >= 0.6 is 0 Å². The van der Waals surface area contributed by atoms with Gasteiger partial charge in [-0.2, -0.15) is 0 Å². The van der Waals surface area contributed by atoms with Crippen molar-refractivity contribution in [1.29, 1.82) is 0 Å². The Morgan fingerprint density at radius 1 is 1.00 bits per heavy atom. The first-order valence-corrected chi connectivity index (χ1v) is 5.86. The summed E-state index contributed by atoms with van der Waals surface area (Å²) in [7, 11) is 2.07. The van der Waals surface area contributed by atoms with E-state index in [9.17, 15) is 0 Å². The van der Waals surface area contributed by atoms with Crippen molar-refractivity contribution in [2.75, 3.05) is 7.05 Å². The highest BCUT2D eigenvalue weighted by atomic mass is 14.9. The van der Waals surface area contributed by atoms with Crippen LogP contribution in [0.2, 0.25) is 0 Å². The predicted octanol–water partition coefficient (Wildman–Crippen LogP) is 3.45. The van der Waals surface area contributed by atoms with E-state index >= 15 is 0 Å². The Morgan fingerprint density at radius 3 is 1.85 bits per heavy atom. The third-order valence-corrected chi connectivity index (χ3v) is 3.48. The highest BCUT2D eigenvalue weighted by molar-refractivity contribution is 4.72. The molecule has 13 heavy (non-hydrogen) atoms. The average Bonchev–Trinajstić information content (AvgIpc) is 2.19. The molecule has 2 atom stereocenters. The number of nitrogens with one attached hydrogen (secondary N) is 1. The summed E-state index contributed by atoms with van der Waals surface area (Å²) in [4.78, 5) is 0. The number of hydrogen-bond acceptors (Lipinski definition) is 1. The van der Waals surface area contributed by atoms with Gasteiger partial charge in [0.2, 0.25) is 0 Å². The third-order valence-electron chi connectivity index (χ3n) is 3.48. The molecule has 0 aromatic rings. The maximum Gasteiger partial charge on any atom is 0.00639 e. The van der Waals surface area contributed by atoms with Gasteiger partial charge in [-0.3, -0.25) is 0 Å². The van der Waals surface area contributed by atoms with Crippen LogP contribution < -0.4 is 5.32 Å². The van der Waals surface area contributed by atoms with Crippen LogP contribution in [0.4, 0.5) is 0 Å². The molecule has 80 valence electrons. The van der Waals surface area contributed by atoms with Crippen molar-refractivity contribution in [3.8, 4) is 0 Å². The number of hydrogen-bond donors (Lipinski definition) is 1. The predicted molar refractivity (Wildman–Crippen MR) is 61.0 cm³/mol. The van der Waals surface area contributed by atoms with Gasteiger partial charge in [0, 0.05) is 6.04 Å². The lowest BCUT2D eigenvalue weighted by molar-refractivity contribution is 0.290. The van der Waals surface area contributed by atoms with Crippen LogP contribution in [0.25, 0.3) is 0 Å². The molecule has 0 rings (SSSR count). The molecular formula is C12H27N. The molecule has 1 N–H and O–H groups in total. The lowest BCUT2D eigenvalue weighted by atomic mass is 9.85. The fourth-order valence-electron chi connectivity index (χ4n) is 2.01. The van der Waals surface area contributed by atoms with Crippen LogP contribution in [0.5, 0.6) is 0 Å². The summed E-state index contributed by atoms with van der Waals surface area (Å²) in [5, 5.41) is 3.37. The monoisotopic (exact) mass is 185 g/mol. The van der Waals surface area contributed by atoms with Gasteiger partial charge in [0.1, 0.15) is 0 Å². The van der Waals surface area contributed by atoms with E-state index in [-0.39, 0.29) is 0 Å². The van der Waals surface area contributed by atoms with Crippen molar-refractivity contribution < 1.29 is 0 Å². The zero-order valence-electron chi connectivity index (χ0n) is 10.1. The Labute approximate surface area is 84.3 Å². The van der Waals surface area contributed by atoms with E-state index in [1.165, 1.54) is 25.7 Å². The van der Waals surface area contributed by atoms with Crippen LogP contribution in [-0.4, -0.2) is 13.1 Å². The molecule has 2 unspecified atom stereocenters. The van der Waals surface area contributed by atoms with Gasteiger partial charge in [0.25, 0.3) is 0 Å². The van der Waals surface area contributed by atoms with Gasteiger partial charge in [-0.25, -0.2) is 0 Å². The molecule has 0 saturated carbocycles. The molecular weight excluding hydrogens is 158 g/mol. The summed E-state index contributed by atoms with van der Waals surface area (Å²) in [6, 6.07) is 0.672. The highest BCUT2D eigenvalue weighted by Gasteiger charge is 2.17. The van der Waals surface area contributed by atoms with Crippen molar-refractivity contribution in [1.82, 2.24) is 5.32 Å². The summed E-state index contributed by atoms with van der Waals surface area (Å²) in [6.07, 6.45) is 5.37. The smallest absolute Gasteiger partial charge is 0.00639 e. The van der Waals surface area contributed by atoms with Gasteiger partial charge in [-0.15, -0.1) is 0 Å². The van der Waals surface area contributed by atoms with E-state index in [0.717, 1.165) is 11.8 Å². The van der Waals surface area contributed by atoms with Crippen LogP contribution in [0, 0.1) is 11.8 Å². The van der Waals surface area contributed by atoms with Crippen LogP contribution in [0.15, 0.2) is 0 Å². The van der Waals surface area contributed by atoms with Gasteiger partial charge in [-0.05, 0) is 32.2 Å². The molecule has 1 nitrogen and oxygen atoms in total. The molecule has 0 saturated heterocycles. The maximum absolute atomic E-state index is 3.37. The Morgan fingerprint density at radius 2 is 1.54 bits per heavy atom. The van der Waals surface area contributed by atoms with Gasteiger partial charge in [-0.1, -0.05) is 40.0 Å². The van der Waals surface area contributed by atoms with Gasteiger partial charge in [0.05, 0.1) is 0 Å². The molecule has 0 aliphatic carbocycles. The molecule has 0 radical (unpaired) electrons. The largest absolute Gasteiger partial charge is 0.317 e. The molecule has 0 amide bonds. The van der Waals surface area contributed by atoms with E-state index in [0.29, 0.717) is 6.04 Å². The Kier molecular flexibility index (Phi) is 7.35. The first-order chi connectivity index (χ1) is 6.19. The first-order valence-electron chi connectivity index (χ1n) is 5.86. The van der Waals surface area contributed by atoms with Crippen LogP contribution in [-0.2, 0) is 0 Å². The zero-order valence-corrected chi connectivity index (χ0v) is 10.1. The minimum atomic E-state index is 0.672. The standard InChI is InChI=1S/C12H27N/c1-6-11(7-2)9-12(8-3)10(4)13-5/h10-13H,6-9H2,1-5H3. The molecule has 0 heterocycles. The van der Waals surface area contributed by atoms with E-state index in [1.807, 2.05) is 0 Å². The van der Waals surface area contributed by atoms with Gasteiger partial charge < -0.3 is 5.32 Å². The minimum Gasteiger partial charge on any atom is -0.317 e. The van der Waals surface area contributed by atoms with Crippen molar-refractivity contribution >= 4 is 0 Å². The average molecular weight is 185 g/mol. The molecule has 0 aromatic carbocycles. The maximum atomic E-state index is 3.37. The zero-order chi connectivity index (χ0) is 10.3. The lowest BCUT2D eigenvalue weighted by Gasteiger charge is -2.26. The second kappa shape index (κ2) is 7.37. The molecule has 0 aromatic heterocycles. The van der Waals surface area contributed by atoms with Crippen LogP contribution in [0.3, 0.4) is 0 Å². The van der Waals surface area contributed by atoms with Crippen molar-refractivity contribution in [2.24, 2.45) is 11.8 Å². The highest BCUT2D eigenvalue weighted by Crippen LogP contribution is 2.23. The second-order valence-electron chi connectivity index (χ2n) is 4.16. The summed E-state index contributed by atoms with van der Waals surface area (Å²) >= 11 is 0. The van der Waals surface area contributed by atoms with Gasteiger partial charge in [0.15, 0.2) is 0 Å². The molecule has 0 bridgehead atoms. The second-order valence-corrected chi connectivity index (χ2v) is 4.16. The molecule has 0 fully saturated rings. The Bertz CT molecular complexity index is 108. The third kappa shape index (κ3) is 4.66. The fourth-order valence-corrected chi connectivity index (χ4v) is 2.01. The Hall–Kier alpha value is -0.0400. The Balaban J connectivity index is 3.94. The van der Waals surface area contributed by atoms with E-state index in [1.54, 1.807) is 0 Å². The van der Waals surface area contributed by atoms with Crippen molar-refractivity contribution in [3.05, 3.63) is 0 Å². The number of rotatable bonds is 7. The van der Waals surface area contributed by atoms with E-state index in [4.69, 9.17) is 0 Å². The van der Waals surface area contributed by atoms with Gasteiger partial charge >= 0.3 is 0 Å². The minimum absolute atomic E-state index is 0.672. The molecule has 0 aliphatic rings. The summed E-state index contributed by atoms with van der Waals surface area (Å²) in [6.45, 7) is 9.23. The summed E-state index contributed by atoms with van der Waals surface area (Å²) in [5.41, 5.74) is 0. The summed E-state index contributed by atoms with van der Waals surface area (Å²) < 4.78 is 0. The van der Waals surface area contributed by atoms with Crippen molar-refractivity contribution in [2.45, 2.75) is 59.4 Å². The summed E-state index contributed by atoms with van der Waals surface area (Å²) in [5.74, 6) is 1.79. The van der Waals surface area contributed by atoms with Crippen LogP contribution in [0.1, 0.15) is 53.4 Å². The van der Waals surface area contributed by atoms with E-state index in [2.05, 4.69) is 40.1 Å². The topological polar surface area (TPSA) is 12.0 Å². The quantitative estimate of drug-likeness (QED) is 0.640.